The summed E-state index contributed by atoms with van der Waals surface area (Å²) in [5.41, 5.74) is 2.35. The van der Waals surface area contributed by atoms with Gasteiger partial charge in [0.15, 0.2) is 0 Å². The number of carbonyl (C=O) groups excluding carboxylic acids is 2. The van der Waals surface area contributed by atoms with E-state index in [9.17, 15) is 9.59 Å². The zero-order valence-electron chi connectivity index (χ0n) is 15.9. The van der Waals surface area contributed by atoms with Crippen LogP contribution in [0.15, 0.2) is 48.5 Å². The summed E-state index contributed by atoms with van der Waals surface area (Å²) in [6.07, 6.45) is 1.53. The molecular weight excluding hydrogens is 340 g/mol. The number of aryl methyl sites for hydroxylation is 1. The molecule has 2 aromatic rings. The first kappa shape index (κ1) is 19.0. The first-order chi connectivity index (χ1) is 13.1. The molecule has 0 aliphatic carbocycles. The van der Waals surface area contributed by atoms with Crippen molar-refractivity contribution in [3.05, 3.63) is 65.2 Å². The van der Waals surface area contributed by atoms with E-state index in [2.05, 4.69) is 5.32 Å². The maximum atomic E-state index is 12.7. The van der Waals surface area contributed by atoms with E-state index >= 15 is 0 Å². The molecule has 1 aliphatic rings. The Kier molecular flexibility index (Phi) is 6.12. The zero-order valence-corrected chi connectivity index (χ0v) is 15.9. The van der Waals surface area contributed by atoms with Crippen molar-refractivity contribution < 1.29 is 14.3 Å². The number of benzene rings is 2. The number of rotatable bonds is 5. The molecule has 1 N–H and O–H groups in total. The van der Waals surface area contributed by atoms with Crippen LogP contribution in [0.4, 0.5) is 0 Å². The molecule has 1 fully saturated rings. The fourth-order valence-corrected chi connectivity index (χ4v) is 3.36. The Bertz CT molecular complexity index is 793. The number of ether oxygens (including phenoxy) is 1. The Morgan fingerprint density at radius 1 is 1.07 bits per heavy atom. The van der Waals surface area contributed by atoms with E-state index in [0.717, 1.165) is 24.2 Å². The fraction of sp³-hybridized carbons (Fsp3) is 0.364. The number of hydrogen-bond donors (Lipinski definition) is 1. The van der Waals surface area contributed by atoms with Crippen molar-refractivity contribution in [2.75, 3.05) is 19.7 Å². The lowest BCUT2D eigenvalue weighted by atomic mass is 10.0. The summed E-state index contributed by atoms with van der Waals surface area (Å²) in [6.45, 7) is 5.76. The van der Waals surface area contributed by atoms with Crippen LogP contribution in [-0.4, -0.2) is 42.5 Å². The van der Waals surface area contributed by atoms with Crippen molar-refractivity contribution in [1.82, 2.24) is 10.2 Å². The minimum absolute atomic E-state index is 0.0294. The Morgan fingerprint density at radius 3 is 2.37 bits per heavy atom. The topological polar surface area (TPSA) is 58.6 Å². The number of nitrogens with zero attached hydrogens (tertiary/aromatic N) is 1. The standard InChI is InChI=1S/C22H26N2O3/c1-3-27-19-10-8-17(9-11-19)22(26)24-14-12-18(13-15-24)23-21(25)20-7-5-4-6-16(20)2/h4-11,18H,3,12-15H2,1-2H3,(H,23,25). The normalized spacial score (nSPS) is 14.7. The molecule has 0 bridgehead atoms. The molecule has 0 saturated carbocycles. The second-order valence-electron chi connectivity index (χ2n) is 6.81. The van der Waals surface area contributed by atoms with E-state index in [1.165, 1.54) is 0 Å². The average molecular weight is 366 g/mol. The van der Waals surface area contributed by atoms with Gasteiger partial charge < -0.3 is 15.0 Å². The molecule has 3 rings (SSSR count). The molecule has 0 aromatic heterocycles. The molecule has 5 heteroatoms. The minimum Gasteiger partial charge on any atom is -0.494 e. The molecule has 1 saturated heterocycles. The molecular formula is C22H26N2O3. The van der Waals surface area contributed by atoms with Gasteiger partial charge in [0, 0.05) is 30.3 Å². The number of amides is 2. The molecule has 5 nitrogen and oxygen atoms in total. The number of likely N-dealkylation sites (tertiary alicyclic amines) is 1. The molecule has 2 amide bonds. The van der Waals surface area contributed by atoms with E-state index in [0.29, 0.717) is 30.8 Å². The summed E-state index contributed by atoms with van der Waals surface area (Å²) < 4.78 is 5.42. The van der Waals surface area contributed by atoms with Crippen molar-refractivity contribution in [3.8, 4) is 5.75 Å². The first-order valence-electron chi connectivity index (χ1n) is 9.47. The highest BCUT2D eigenvalue weighted by Crippen LogP contribution is 2.18. The van der Waals surface area contributed by atoms with Crippen LogP contribution in [0.5, 0.6) is 5.75 Å². The van der Waals surface area contributed by atoms with Gasteiger partial charge in [-0.15, -0.1) is 0 Å². The van der Waals surface area contributed by atoms with Crippen LogP contribution in [0.3, 0.4) is 0 Å². The number of piperidine rings is 1. The highest BCUT2D eigenvalue weighted by molar-refractivity contribution is 5.96. The molecule has 1 aliphatic heterocycles. The van der Waals surface area contributed by atoms with E-state index in [1.807, 2.05) is 55.1 Å². The van der Waals surface area contributed by atoms with Gasteiger partial charge in [-0.2, -0.15) is 0 Å². The molecule has 27 heavy (non-hydrogen) atoms. The van der Waals surface area contributed by atoms with Gasteiger partial charge in [-0.05, 0) is 62.6 Å². The molecule has 2 aromatic carbocycles. The molecule has 0 spiro atoms. The predicted molar refractivity (Wildman–Crippen MR) is 105 cm³/mol. The van der Waals surface area contributed by atoms with Crippen LogP contribution in [0, 0.1) is 6.92 Å². The molecule has 0 unspecified atom stereocenters. The van der Waals surface area contributed by atoms with Gasteiger partial charge >= 0.3 is 0 Å². The summed E-state index contributed by atoms with van der Waals surface area (Å²) in [5.74, 6) is 0.762. The smallest absolute Gasteiger partial charge is 0.253 e. The van der Waals surface area contributed by atoms with Gasteiger partial charge in [0.2, 0.25) is 0 Å². The lowest BCUT2D eigenvalue weighted by Gasteiger charge is -2.32. The highest BCUT2D eigenvalue weighted by Gasteiger charge is 2.25. The van der Waals surface area contributed by atoms with Crippen molar-refractivity contribution in [3.63, 3.8) is 0 Å². The summed E-state index contributed by atoms with van der Waals surface area (Å²) in [4.78, 5) is 27.0. The molecule has 0 atom stereocenters. The second-order valence-corrected chi connectivity index (χ2v) is 6.81. The summed E-state index contributed by atoms with van der Waals surface area (Å²) in [6, 6.07) is 14.9. The van der Waals surface area contributed by atoms with Crippen molar-refractivity contribution >= 4 is 11.8 Å². The first-order valence-corrected chi connectivity index (χ1v) is 9.47. The lowest BCUT2D eigenvalue weighted by molar-refractivity contribution is 0.0698. The Hall–Kier alpha value is -2.82. The summed E-state index contributed by atoms with van der Waals surface area (Å²) >= 11 is 0. The van der Waals surface area contributed by atoms with Gasteiger partial charge in [-0.3, -0.25) is 9.59 Å². The number of nitrogens with one attached hydrogen (secondary N) is 1. The van der Waals surface area contributed by atoms with Crippen molar-refractivity contribution in [1.29, 1.82) is 0 Å². The zero-order chi connectivity index (χ0) is 19.2. The Morgan fingerprint density at radius 2 is 1.74 bits per heavy atom. The van der Waals surface area contributed by atoms with Crippen LogP contribution in [0.1, 0.15) is 46.0 Å². The SMILES string of the molecule is CCOc1ccc(C(=O)N2CCC(NC(=O)c3ccccc3C)CC2)cc1. The summed E-state index contributed by atoms with van der Waals surface area (Å²) in [5, 5.41) is 3.10. The van der Waals surface area contributed by atoms with Gasteiger partial charge in [-0.25, -0.2) is 0 Å². The average Bonchev–Trinajstić information content (AvgIpc) is 2.69. The minimum atomic E-state index is -0.0376. The highest BCUT2D eigenvalue weighted by atomic mass is 16.5. The lowest BCUT2D eigenvalue weighted by Crippen LogP contribution is -2.46. The van der Waals surface area contributed by atoms with Crippen LogP contribution in [0.25, 0.3) is 0 Å². The third kappa shape index (κ3) is 4.67. The van der Waals surface area contributed by atoms with E-state index in [-0.39, 0.29) is 17.9 Å². The maximum absolute atomic E-state index is 12.7. The Balaban J connectivity index is 1.53. The van der Waals surface area contributed by atoms with E-state index in [1.54, 1.807) is 12.1 Å². The van der Waals surface area contributed by atoms with E-state index < -0.39 is 0 Å². The predicted octanol–water partition coefficient (Wildman–Crippen LogP) is 3.43. The van der Waals surface area contributed by atoms with Crippen LogP contribution >= 0.6 is 0 Å². The quantitative estimate of drug-likeness (QED) is 0.882. The third-order valence-electron chi connectivity index (χ3n) is 4.92. The van der Waals surface area contributed by atoms with Gasteiger partial charge in [-0.1, -0.05) is 18.2 Å². The molecule has 0 radical (unpaired) electrons. The molecule has 142 valence electrons. The Labute approximate surface area is 160 Å². The van der Waals surface area contributed by atoms with Gasteiger partial charge in [0.05, 0.1) is 6.61 Å². The second kappa shape index (κ2) is 8.71. The maximum Gasteiger partial charge on any atom is 0.253 e. The van der Waals surface area contributed by atoms with Crippen LogP contribution < -0.4 is 10.1 Å². The van der Waals surface area contributed by atoms with E-state index in [4.69, 9.17) is 4.74 Å². The monoisotopic (exact) mass is 366 g/mol. The van der Waals surface area contributed by atoms with Crippen LogP contribution in [0.2, 0.25) is 0 Å². The van der Waals surface area contributed by atoms with Gasteiger partial charge in [0.1, 0.15) is 5.75 Å². The number of carbonyl (C=O) groups is 2. The van der Waals surface area contributed by atoms with Crippen LogP contribution in [-0.2, 0) is 0 Å². The van der Waals surface area contributed by atoms with Crippen molar-refractivity contribution in [2.45, 2.75) is 32.7 Å². The fourth-order valence-electron chi connectivity index (χ4n) is 3.36. The third-order valence-corrected chi connectivity index (χ3v) is 4.92. The largest absolute Gasteiger partial charge is 0.494 e. The summed E-state index contributed by atoms with van der Waals surface area (Å²) in [7, 11) is 0. The van der Waals surface area contributed by atoms with Crippen molar-refractivity contribution in [2.24, 2.45) is 0 Å². The van der Waals surface area contributed by atoms with Gasteiger partial charge in [0.25, 0.3) is 11.8 Å². The molecule has 1 heterocycles. The number of hydrogen-bond acceptors (Lipinski definition) is 3.